The number of rotatable bonds is 7. The summed E-state index contributed by atoms with van der Waals surface area (Å²) >= 11 is 0. The molecule has 19 heavy (non-hydrogen) atoms. The molecule has 1 rings (SSSR count). The fourth-order valence-corrected chi connectivity index (χ4v) is 1.90. The van der Waals surface area contributed by atoms with Gasteiger partial charge in [-0.2, -0.15) is 5.26 Å². The molecule has 0 bridgehead atoms. The van der Waals surface area contributed by atoms with Crippen LogP contribution in [0.25, 0.3) is 0 Å². The molecule has 0 saturated carbocycles. The monoisotopic (exact) mass is 260 g/mol. The average molecular weight is 260 g/mol. The molecule has 0 fully saturated rings. The zero-order valence-electron chi connectivity index (χ0n) is 12.1. The number of nitriles is 1. The lowest BCUT2D eigenvalue weighted by atomic mass is 10.0. The Morgan fingerprint density at radius 1 is 1.16 bits per heavy atom. The Balaban J connectivity index is 2.37. The van der Waals surface area contributed by atoms with Crippen molar-refractivity contribution in [2.75, 3.05) is 6.54 Å². The molecule has 0 heterocycles. The Bertz CT molecular complexity index is 406. The SMILES string of the molecule is CC(C)CCC(C)NCC(O)c1ccc(C#N)cc1. The van der Waals surface area contributed by atoms with Crippen molar-refractivity contribution in [3.8, 4) is 6.07 Å². The van der Waals surface area contributed by atoms with Gasteiger partial charge in [0.25, 0.3) is 0 Å². The van der Waals surface area contributed by atoms with Crippen LogP contribution < -0.4 is 5.32 Å². The highest BCUT2D eigenvalue weighted by molar-refractivity contribution is 5.32. The van der Waals surface area contributed by atoms with Gasteiger partial charge in [-0.25, -0.2) is 0 Å². The summed E-state index contributed by atoms with van der Waals surface area (Å²) in [6.45, 7) is 7.13. The Morgan fingerprint density at radius 2 is 1.79 bits per heavy atom. The molecule has 1 aromatic carbocycles. The van der Waals surface area contributed by atoms with Crippen LogP contribution in [0.15, 0.2) is 24.3 Å². The third-order valence-electron chi connectivity index (χ3n) is 3.26. The molecule has 2 unspecified atom stereocenters. The van der Waals surface area contributed by atoms with Gasteiger partial charge in [0.05, 0.1) is 17.7 Å². The normalized spacial score (nSPS) is 14.1. The van der Waals surface area contributed by atoms with E-state index in [1.807, 2.05) is 12.1 Å². The van der Waals surface area contributed by atoms with Gasteiger partial charge in [-0.1, -0.05) is 26.0 Å². The number of hydrogen-bond donors (Lipinski definition) is 2. The molecule has 0 aliphatic carbocycles. The van der Waals surface area contributed by atoms with Crippen molar-refractivity contribution in [3.05, 3.63) is 35.4 Å². The fraction of sp³-hybridized carbons (Fsp3) is 0.562. The summed E-state index contributed by atoms with van der Waals surface area (Å²) in [6, 6.07) is 9.58. The van der Waals surface area contributed by atoms with Crippen molar-refractivity contribution >= 4 is 0 Å². The topological polar surface area (TPSA) is 56.0 Å². The Morgan fingerprint density at radius 3 is 2.32 bits per heavy atom. The molecule has 3 heteroatoms. The quantitative estimate of drug-likeness (QED) is 0.792. The third kappa shape index (κ3) is 5.87. The molecular weight excluding hydrogens is 236 g/mol. The molecule has 3 nitrogen and oxygen atoms in total. The van der Waals surface area contributed by atoms with E-state index >= 15 is 0 Å². The molecule has 0 aliphatic rings. The smallest absolute Gasteiger partial charge is 0.0991 e. The van der Waals surface area contributed by atoms with Crippen LogP contribution in [0.2, 0.25) is 0 Å². The van der Waals surface area contributed by atoms with Crippen molar-refractivity contribution in [2.45, 2.75) is 45.8 Å². The first-order chi connectivity index (χ1) is 9.02. The molecule has 2 atom stereocenters. The number of benzene rings is 1. The number of aliphatic hydroxyl groups excluding tert-OH is 1. The number of nitrogens with one attached hydrogen (secondary N) is 1. The standard InChI is InChI=1S/C16H24N2O/c1-12(2)4-5-13(3)18-11-16(19)15-8-6-14(10-17)7-9-15/h6-9,12-13,16,18-19H,4-5,11H2,1-3H3. The lowest BCUT2D eigenvalue weighted by Crippen LogP contribution is -2.30. The first kappa shape index (κ1) is 15.7. The van der Waals surface area contributed by atoms with Crippen molar-refractivity contribution in [3.63, 3.8) is 0 Å². The second kappa shape index (κ2) is 7.93. The van der Waals surface area contributed by atoms with E-state index in [2.05, 4.69) is 32.2 Å². The highest BCUT2D eigenvalue weighted by atomic mass is 16.3. The predicted molar refractivity (Wildman–Crippen MR) is 77.7 cm³/mol. The van der Waals surface area contributed by atoms with Crippen LogP contribution >= 0.6 is 0 Å². The summed E-state index contributed by atoms with van der Waals surface area (Å²) in [5, 5.41) is 22.1. The molecule has 104 valence electrons. The summed E-state index contributed by atoms with van der Waals surface area (Å²) in [5.74, 6) is 0.715. The van der Waals surface area contributed by atoms with Gasteiger partial charge in [0.15, 0.2) is 0 Å². The second-order valence-electron chi connectivity index (χ2n) is 5.53. The van der Waals surface area contributed by atoms with Crippen LogP contribution in [0, 0.1) is 17.2 Å². The van der Waals surface area contributed by atoms with Gasteiger partial charge in [0, 0.05) is 12.6 Å². The van der Waals surface area contributed by atoms with Crippen LogP contribution in [0.3, 0.4) is 0 Å². The van der Waals surface area contributed by atoms with Gasteiger partial charge in [-0.05, 0) is 43.4 Å². The highest BCUT2D eigenvalue weighted by Gasteiger charge is 2.09. The van der Waals surface area contributed by atoms with E-state index in [0.29, 0.717) is 24.1 Å². The number of aliphatic hydroxyl groups is 1. The first-order valence-corrected chi connectivity index (χ1v) is 6.94. The summed E-state index contributed by atoms with van der Waals surface area (Å²) in [4.78, 5) is 0. The van der Waals surface area contributed by atoms with Crippen molar-refractivity contribution in [1.29, 1.82) is 5.26 Å². The van der Waals surface area contributed by atoms with E-state index in [9.17, 15) is 5.11 Å². The van der Waals surface area contributed by atoms with Gasteiger partial charge in [0.1, 0.15) is 0 Å². The molecule has 1 aromatic rings. The maximum atomic E-state index is 10.1. The van der Waals surface area contributed by atoms with Crippen molar-refractivity contribution in [1.82, 2.24) is 5.32 Å². The van der Waals surface area contributed by atoms with Crippen LogP contribution in [-0.2, 0) is 0 Å². The Kier molecular flexibility index (Phi) is 6.55. The molecule has 0 radical (unpaired) electrons. The van der Waals surface area contributed by atoms with E-state index in [1.165, 1.54) is 6.42 Å². The number of hydrogen-bond acceptors (Lipinski definition) is 3. The van der Waals surface area contributed by atoms with Crippen LogP contribution in [-0.4, -0.2) is 17.7 Å². The molecule has 2 N–H and O–H groups in total. The average Bonchev–Trinajstić information content (AvgIpc) is 2.42. The Labute approximate surface area is 116 Å². The second-order valence-corrected chi connectivity index (χ2v) is 5.53. The molecular formula is C16H24N2O. The molecule has 0 aromatic heterocycles. The van der Waals surface area contributed by atoms with E-state index in [4.69, 9.17) is 5.26 Å². The predicted octanol–water partition coefficient (Wildman–Crippen LogP) is 3.01. The minimum Gasteiger partial charge on any atom is -0.387 e. The van der Waals surface area contributed by atoms with Gasteiger partial charge in [-0.15, -0.1) is 0 Å². The van der Waals surface area contributed by atoms with Gasteiger partial charge in [-0.3, -0.25) is 0 Å². The molecule has 0 aliphatic heterocycles. The first-order valence-electron chi connectivity index (χ1n) is 6.94. The van der Waals surface area contributed by atoms with Crippen LogP contribution in [0.5, 0.6) is 0 Å². The van der Waals surface area contributed by atoms with E-state index < -0.39 is 6.10 Å². The summed E-state index contributed by atoms with van der Waals surface area (Å²) < 4.78 is 0. The van der Waals surface area contributed by atoms with Gasteiger partial charge < -0.3 is 10.4 Å². The Hall–Kier alpha value is -1.37. The van der Waals surface area contributed by atoms with E-state index in [1.54, 1.807) is 12.1 Å². The molecule has 0 saturated heterocycles. The van der Waals surface area contributed by atoms with Gasteiger partial charge in [0.2, 0.25) is 0 Å². The minimum absolute atomic E-state index is 0.412. The van der Waals surface area contributed by atoms with Crippen molar-refractivity contribution in [2.24, 2.45) is 5.92 Å². The maximum absolute atomic E-state index is 10.1. The van der Waals surface area contributed by atoms with Gasteiger partial charge >= 0.3 is 0 Å². The lowest BCUT2D eigenvalue weighted by molar-refractivity contribution is 0.169. The lowest BCUT2D eigenvalue weighted by Gasteiger charge is -2.18. The molecule has 0 spiro atoms. The zero-order valence-corrected chi connectivity index (χ0v) is 12.1. The fourth-order valence-electron chi connectivity index (χ4n) is 1.90. The highest BCUT2D eigenvalue weighted by Crippen LogP contribution is 2.13. The summed E-state index contributed by atoms with van der Waals surface area (Å²) in [6.07, 6.45) is 1.80. The largest absolute Gasteiger partial charge is 0.387 e. The van der Waals surface area contributed by atoms with Crippen LogP contribution in [0.4, 0.5) is 0 Å². The third-order valence-corrected chi connectivity index (χ3v) is 3.26. The maximum Gasteiger partial charge on any atom is 0.0991 e. The summed E-state index contributed by atoms with van der Waals surface area (Å²) in [7, 11) is 0. The minimum atomic E-state index is -0.519. The van der Waals surface area contributed by atoms with E-state index in [-0.39, 0.29) is 0 Å². The molecule has 0 amide bonds. The zero-order chi connectivity index (χ0) is 14.3. The van der Waals surface area contributed by atoms with Crippen molar-refractivity contribution < 1.29 is 5.11 Å². The van der Waals surface area contributed by atoms with Crippen LogP contribution in [0.1, 0.15) is 50.8 Å². The summed E-state index contributed by atoms with van der Waals surface area (Å²) in [5.41, 5.74) is 1.47. The number of nitrogens with zero attached hydrogens (tertiary/aromatic N) is 1. The van der Waals surface area contributed by atoms with E-state index in [0.717, 1.165) is 12.0 Å².